The van der Waals surface area contributed by atoms with Crippen LogP contribution in [0.25, 0.3) is 11.8 Å². The highest BCUT2D eigenvalue weighted by atomic mass is 32.2. The van der Waals surface area contributed by atoms with Crippen LogP contribution in [0.15, 0.2) is 58.2 Å². The summed E-state index contributed by atoms with van der Waals surface area (Å²) < 4.78 is 15.0. The molecule has 0 bridgehead atoms. The Morgan fingerprint density at radius 1 is 1.03 bits per heavy atom. The summed E-state index contributed by atoms with van der Waals surface area (Å²) >= 11 is 6.73. The van der Waals surface area contributed by atoms with E-state index < -0.39 is 0 Å². The van der Waals surface area contributed by atoms with Crippen LogP contribution in [0.3, 0.4) is 0 Å². The van der Waals surface area contributed by atoms with Gasteiger partial charge in [0.1, 0.15) is 5.69 Å². The lowest BCUT2D eigenvalue weighted by Crippen LogP contribution is -2.33. The maximum Gasteiger partial charge on any atom is 0.296 e. The van der Waals surface area contributed by atoms with Crippen molar-refractivity contribution < 1.29 is 14.3 Å². The number of nitrogens with zero attached hydrogens (tertiary/aromatic N) is 3. The topological polar surface area (TPSA) is 65.7 Å². The van der Waals surface area contributed by atoms with Crippen molar-refractivity contribution in [3.63, 3.8) is 0 Å². The van der Waals surface area contributed by atoms with Crippen molar-refractivity contribution in [3.05, 3.63) is 75.0 Å². The Morgan fingerprint density at radius 3 is 2.49 bits per heavy atom. The molecule has 4 rings (SSSR count). The lowest BCUT2D eigenvalue weighted by Gasteiger charge is -2.12. The number of ether oxygens (including phenoxy) is 2. The number of rotatable bonds is 10. The fourth-order valence-corrected chi connectivity index (χ4v) is 5.50. The third-order valence-corrected chi connectivity index (χ3v) is 7.58. The Balaban J connectivity index is 1.59. The summed E-state index contributed by atoms with van der Waals surface area (Å²) in [5.41, 5.74) is 2.10. The van der Waals surface area contributed by atoms with Gasteiger partial charge >= 0.3 is 0 Å². The highest BCUT2D eigenvalue weighted by Crippen LogP contribution is 2.37. The Bertz CT molecular complexity index is 1390. The van der Waals surface area contributed by atoms with Crippen molar-refractivity contribution in [2.75, 3.05) is 18.6 Å². The lowest BCUT2D eigenvalue weighted by molar-refractivity contribution is -0.113. The first-order chi connectivity index (χ1) is 17.9. The fraction of sp³-hybridized carbons (Fsp3) is 0.321. The van der Waals surface area contributed by atoms with Gasteiger partial charge in [-0.3, -0.25) is 19.2 Å². The molecule has 1 saturated heterocycles. The number of methoxy groups -OCH3 is 1. The van der Waals surface area contributed by atoms with Crippen LogP contribution in [0.1, 0.15) is 43.9 Å². The minimum atomic E-state index is -0.323. The second-order valence-electron chi connectivity index (χ2n) is 8.75. The molecule has 2 heterocycles. The molecule has 1 amide bonds. The molecule has 0 radical (unpaired) electrons. The van der Waals surface area contributed by atoms with Crippen LogP contribution in [-0.4, -0.2) is 33.3 Å². The zero-order valence-corrected chi connectivity index (χ0v) is 23.2. The van der Waals surface area contributed by atoms with Crippen molar-refractivity contribution in [1.82, 2.24) is 9.36 Å². The first-order valence-electron chi connectivity index (χ1n) is 12.3. The number of amides is 1. The monoisotopic (exact) mass is 537 g/mol. The summed E-state index contributed by atoms with van der Waals surface area (Å²) in [5, 5.41) is 0. The van der Waals surface area contributed by atoms with Gasteiger partial charge in [-0.15, -0.1) is 0 Å². The van der Waals surface area contributed by atoms with Gasteiger partial charge in [-0.2, -0.15) is 0 Å². The van der Waals surface area contributed by atoms with E-state index in [1.807, 2.05) is 55.5 Å². The molecule has 3 aromatic rings. The Kier molecular flexibility index (Phi) is 8.56. The van der Waals surface area contributed by atoms with E-state index in [4.69, 9.17) is 21.7 Å². The minimum absolute atomic E-state index is 0.265. The number of carbonyl (C=O) groups excluding carboxylic acids is 1. The smallest absolute Gasteiger partial charge is 0.296 e. The standard InChI is InChI=1S/C28H31N3O4S2/c1-5-6-7-11-16-35-22-15-14-20(17-23(22)34-4)18-24-26(32)30(28(36)37-24)25-19(2)29(3)31(27(25)33)21-12-9-8-10-13-21/h8-10,12-15,17-18H,5-7,11,16H2,1-4H3/b24-18-. The van der Waals surface area contributed by atoms with Crippen LogP contribution in [0, 0.1) is 6.92 Å². The van der Waals surface area contributed by atoms with Crippen LogP contribution in [-0.2, 0) is 11.8 Å². The van der Waals surface area contributed by atoms with Gasteiger partial charge in [0.05, 0.1) is 30.0 Å². The SMILES string of the molecule is CCCCCCOc1ccc(/C=C2\SC(=S)N(c3c(C)n(C)n(-c4ccccc4)c3=O)C2=O)cc1OC. The highest BCUT2D eigenvalue weighted by Gasteiger charge is 2.37. The van der Waals surface area contributed by atoms with Gasteiger partial charge in [0, 0.05) is 7.05 Å². The molecule has 0 N–H and O–H groups in total. The van der Waals surface area contributed by atoms with Crippen molar-refractivity contribution in [2.24, 2.45) is 7.05 Å². The number of benzene rings is 2. The predicted molar refractivity (Wildman–Crippen MR) is 154 cm³/mol. The minimum Gasteiger partial charge on any atom is -0.493 e. The number of thioether (sulfide) groups is 1. The van der Waals surface area contributed by atoms with Gasteiger partial charge in [0.15, 0.2) is 15.8 Å². The fourth-order valence-electron chi connectivity index (χ4n) is 4.23. The van der Waals surface area contributed by atoms with Crippen molar-refractivity contribution in [2.45, 2.75) is 39.5 Å². The molecular formula is C28H31N3O4S2. The zero-order valence-electron chi connectivity index (χ0n) is 21.5. The summed E-state index contributed by atoms with van der Waals surface area (Å²) in [7, 11) is 3.39. The van der Waals surface area contributed by atoms with E-state index >= 15 is 0 Å². The molecule has 1 aromatic heterocycles. The third-order valence-electron chi connectivity index (χ3n) is 6.28. The van der Waals surface area contributed by atoms with Crippen LogP contribution in [0.5, 0.6) is 11.5 Å². The molecule has 0 saturated carbocycles. The van der Waals surface area contributed by atoms with Gasteiger partial charge in [-0.25, -0.2) is 4.68 Å². The summed E-state index contributed by atoms with van der Waals surface area (Å²) in [6.45, 7) is 4.62. The van der Waals surface area contributed by atoms with E-state index in [1.54, 1.807) is 29.6 Å². The molecular weight excluding hydrogens is 506 g/mol. The number of unbranched alkanes of at least 4 members (excludes halogenated alkanes) is 3. The molecule has 1 aliphatic heterocycles. The first-order valence-corrected chi connectivity index (χ1v) is 13.5. The van der Waals surface area contributed by atoms with Crippen LogP contribution in [0.2, 0.25) is 0 Å². The van der Waals surface area contributed by atoms with E-state index in [0.717, 1.165) is 18.4 Å². The molecule has 9 heteroatoms. The number of thiocarbonyl (C=S) groups is 1. The van der Waals surface area contributed by atoms with Gasteiger partial charge in [0.25, 0.3) is 11.5 Å². The molecule has 0 atom stereocenters. The average Bonchev–Trinajstić information content (AvgIpc) is 3.29. The number of hydrogen-bond donors (Lipinski definition) is 0. The summed E-state index contributed by atoms with van der Waals surface area (Å²) in [4.78, 5) is 28.7. The second-order valence-corrected chi connectivity index (χ2v) is 10.4. The van der Waals surface area contributed by atoms with E-state index in [2.05, 4.69) is 6.92 Å². The number of anilines is 1. The Hall–Kier alpha value is -3.30. The summed E-state index contributed by atoms with van der Waals surface area (Å²) in [6.07, 6.45) is 6.26. The third kappa shape index (κ3) is 5.52. The molecule has 194 valence electrons. The summed E-state index contributed by atoms with van der Waals surface area (Å²) in [6, 6.07) is 14.9. The van der Waals surface area contributed by atoms with Crippen molar-refractivity contribution >= 4 is 46.0 Å². The molecule has 37 heavy (non-hydrogen) atoms. The molecule has 0 unspecified atom stereocenters. The summed E-state index contributed by atoms with van der Waals surface area (Å²) in [5.74, 6) is 0.950. The molecule has 2 aromatic carbocycles. The second kappa shape index (κ2) is 11.8. The number of para-hydroxylation sites is 1. The van der Waals surface area contributed by atoms with Crippen LogP contribution in [0.4, 0.5) is 5.69 Å². The molecule has 0 aliphatic carbocycles. The maximum absolute atomic E-state index is 13.5. The van der Waals surface area contributed by atoms with E-state index in [-0.39, 0.29) is 17.2 Å². The number of carbonyl (C=O) groups is 1. The van der Waals surface area contributed by atoms with Gasteiger partial charge in [0.2, 0.25) is 0 Å². The van der Waals surface area contributed by atoms with E-state index in [0.29, 0.717) is 38.7 Å². The number of aromatic nitrogens is 2. The van der Waals surface area contributed by atoms with E-state index in [9.17, 15) is 9.59 Å². The van der Waals surface area contributed by atoms with Gasteiger partial charge < -0.3 is 9.47 Å². The average molecular weight is 538 g/mol. The Morgan fingerprint density at radius 2 is 1.78 bits per heavy atom. The zero-order chi connectivity index (χ0) is 26.5. The predicted octanol–water partition coefficient (Wildman–Crippen LogP) is 5.86. The molecule has 1 aliphatic rings. The van der Waals surface area contributed by atoms with Crippen LogP contribution >= 0.6 is 24.0 Å². The maximum atomic E-state index is 13.5. The quantitative estimate of drug-likeness (QED) is 0.183. The highest BCUT2D eigenvalue weighted by molar-refractivity contribution is 8.27. The van der Waals surface area contributed by atoms with Gasteiger partial charge in [-0.05, 0) is 49.2 Å². The van der Waals surface area contributed by atoms with Crippen LogP contribution < -0.4 is 19.9 Å². The largest absolute Gasteiger partial charge is 0.493 e. The van der Waals surface area contributed by atoms with Gasteiger partial charge in [-0.1, -0.05) is 74.4 Å². The molecule has 1 fully saturated rings. The molecule has 7 nitrogen and oxygen atoms in total. The van der Waals surface area contributed by atoms with Crippen molar-refractivity contribution in [1.29, 1.82) is 0 Å². The first kappa shape index (κ1) is 26.8. The Labute approximate surface area is 226 Å². The van der Waals surface area contributed by atoms with E-state index in [1.165, 1.54) is 29.5 Å². The lowest BCUT2D eigenvalue weighted by atomic mass is 10.1. The molecule has 0 spiro atoms. The number of hydrogen-bond acceptors (Lipinski definition) is 6. The normalized spacial score (nSPS) is 14.6. The van der Waals surface area contributed by atoms with Crippen molar-refractivity contribution in [3.8, 4) is 17.2 Å².